The zero-order valence-corrected chi connectivity index (χ0v) is 13.4. The third-order valence-corrected chi connectivity index (χ3v) is 3.22. The molecule has 0 spiro atoms. The van der Waals surface area contributed by atoms with Gasteiger partial charge in [-0.1, -0.05) is 13.8 Å². The van der Waals surface area contributed by atoms with E-state index >= 15 is 0 Å². The molecule has 1 heterocycles. The second-order valence-electron chi connectivity index (χ2n) is 5.02. The number of aromatic nitrogens is 2. The Labute approximate surface area is 126 Å². The summed E-state index contributed by atoms with van der Waals surface area (Å²) >= 11 is 3.40. The maximum absolute atomic E-state index is 13.6. The van der Waals surface area contributed by atoms with Crippen LogP contribution in [0.1, 0.15) is 26.5 Å². The van der Waals surface area contributed by atoms with Gasteiger partial charge >= 0.3 is 0 Å². The second-order valence-corrected chi connectivity index (χ2v) is 5.83. The van der Waals surface area contributed by atoms with Crippen LogP contribution in [0.25, 0.3) is 5.69 Å². The molecule has 3 nitrogen and oxygen atoms in total. The molecule has 5 heteroatoms. The van der Waals surface area contributed by atoms with E-state index < -0.39 is 0 Å². The van der Waals surface area contributed by atoms with Gasteiger partial charge < -0.3 is 4.74 Å². The molecule has 108 valence electrons. The van der Waals surface area contributed by atoms with Gasteiger partial charge in [-0.3, -0.25) is 0 Å². The molecule has 1 aromatic heterocycles. The molecule has 0 fully saturated rings. The minimum Gasteiger partial charge on any atom is -0.491 e. The average molecular weight is 341 g/mol. The summed E-state index contributed by atoms with van der Waals surface area (Å²) in [5, 5.41) is 4.42. The van der Waals surface area contributed by atoms with E-state index in [1.165, 1.54) is 6.07 Å². The zero-order chi connectivity index (χ0) is 14.7. The molecule has 0 saturated carbocycles. The van der Waals surface area contributed by atoms with Crippen molar-refractivity contribution in [2.24, 2.45) is 5.92 Å². The molecule has 0 unspecified atom stereocenters. The fourth-order valence-electron chi connectivity index (χ4n) is 2.06. The lowest BCUT2D eigenvalue weighted by atomic mass is 10.1. The molecule has 0 atom stereocenters. The van der Waals surface area contributed by atoms with Crippen molar-refractivity contribution in [1.82, 2.24) is 9.78 Å². The lowest BCUT2D eigenvalue weighted by molar-refractivity contribution is 0.321. The van der Waals surface area contributed by atoms with Gasteiger partial charge in [-0.15, -0.1) is 0 Å². The Morgan fingerprint density at radius 2 is 2.10 bits per heavy atom. The third kappa shape index (κ3) is 3.39. The molecule has 0 aliphatic heterocycles. The Bertz CT molecular complexity index is 596. The number of halogens is 2. The van der Waals surface area contributed by atoms with Crippen LogP contribution < -0.4 is 4.74 Å². The van der Waals surface area contributed by atoms with Crippen molar-refractivity contribution in [3.05, 3.63) is 40.4 Å². The van der Waals surface area contributed by atoms with E-state index in [4.69, 9.17) is 4.74 Å². The predicted octanol–water partition coefficient (Wildman–Crippen LogP) is 4.37. The highest BCUT2D eigenvalue weighted by atomic mass is 79.9. The topological polar surface area (TPSA) is 27.1 Å². The first-order valence-corrected chi connectivity index (χ1v) is 7.47. The standard InChI is InChI=1S/C15H18BrFN2O/c1-4-20-14-8-11(5-6-13(14)17)19-12(7-10(2)3)9-15(16)18-19/h5-6,8-10H,4,7H2,1-3H3. The first kappa shape index (κ1) is 15.0. The summed E-state index contributed by atoms with van der Waals surface area (Å²) in [4.78, 5) is 0. The summed E-state index contributed by atoms with van der Waals surface area (Å²) in [7, 11) is 0. The lowest BCUT2D eigenvalue weighted by Crippen LogP contribution is -2.06. The fraction of sp³-hybridized carbons (Fsp3) is 0.400. The molecule has 0 N–H and O–H groups in total. The molecular weight excluding hydrogens is 323 g/mol. The molecule has 20 heavy (non-hydrogen) atoms. The molecule has 0 aliphatic carbocycles. The molecule has 1 aromatic carbocycles. The molecule has 0 amide bonds. The van der Waals surface area contributed by atoms with Crippen LogP contribution in [0.2, 0.25) is 0 Å². The summed E-state index contributed by atoms with van der Waals surface area (Å²) in [6.45, 7) is 6.58. The van der Waals surface area contributed by atoms with Crippen molar-refractivity contribution in [3.8, 4) is 11.4 Å². The number of ether oxygens (including phenoxy) is 1. The van der Waals surface area contributed by atoms with Crippen molar-refractivity contribution in [2.75, 3.05) is 6.61 Å². The first-order chi connectivity index (χ1) is 9.51. The summed E-state index contributed by atoms with van der Waals surface area (Å²) in [5.74, 6) is 0.420. The van der Waals surface area contributed by atoms with Gasteiger partial charge in [-0.05, 0) is 53.4 Å². The van der Waals surface area contributed by atoms with Gasteiger partial charge in [0.1, 0.15) is 4.60 Å². The zero-order valence-electron chi connectivity index (χ0n) is 11.9. The van der Waals surface area contributed by atoms with E-state index in [-0.39, 0.29) is 11.6 Å². The Morgan fingerprint density at radius 3 is 2.75 bits per heavy atom. The van der Waals surface area contributed by atoms with Crippen LogP contribution in [0.3, 0.4) is 0 Å². The van der Waals surface area contributed by atoms with Gasteiger partial charge in [-0.25, -0.2) is 9.07 Å². The summed E-state index contributed by atoms with van der Waals surface area (Å²) < 4.78 is 21.5. The molecular formula is C15H18BrFN2O. The minimum absolute atomic E-state index is 0.257. The monoisotopic (exact) mass is 340 g/mol. The van der Waals surface area contributed by atoms with Crippen LogP contribution in [0.5, 0.6) is 5.75 Å². The van der Waals surface area contributed by atoms with E-state index in [1.54, 1.807) is 12.1 Å². The van der Waals surface area contributed by atoms with E-state index in [0.717, 1.165) is 22.4 Å². The maximum Gasteiger partial charge on any atom is 0.165 e. The molecule has 0 aliphatic rings. The summed E-state index contributed by atoms with van der Waals surface area (Å²) in [6.07, 6.45) is 0.903. The first-order valence-electron chi connectivity index (χ1n) is 6.68. The maximum atomic E-state index is 13.6. The quantitative estimate of drug-likeness (QED) is 0.807. The largest absolute Gasteiger partial charge is 0.491 e. The Hall–Kier alpha value is -1.36. The van der Waals surface area contributed by atoms with Gasteiger partial charge in [0.25, 0.3) is 0 Å². The fourth-order valence-corrected chi connectivity index (χ4v) is 2.49. The van der Waals surface area contributed by atoms with E-state index in [1.807, 2.05) is 17.7 Å². The van der Waals surface area contributed by atoms with Crippen LogP contribution in [0.15, 0.2) is 28.9 Å². The van der Waals surface area contributed by atoms with Crippen molar-refractivity contribution < 1.29 is 9.13 Å². The van der Waals surface area contributed by atoms with E-state index in [2.05, 4.69) is 34.9 Å². The van der Waals surface area contributed by atoms with E-state index in [9.17, 15) is 4.39 Å². The van der Waals surface area contributed by atoms with Crippen LogP contribution >= 0.6 is 15.9 Å². The van der Waals surface area contributed by atoms with Crippen LogP contribution in [-0.2, 0) is 6.42 Å². The average Bonchev–Trinajstić information content (AvgIpc) is 2.72. The minimum atomic E-state index is -0.354. The van der Waals surface area contributed by atoms with E-state index in [0.29, 0.717) is 12.5 Å². The van der Waals surface area contributed by atoms with Crippen molar-refractivity contribution in [1.29, 1.82) is 0 Å². The molecule has 0 bridgehead atoms. The highest BCUT2D eigenvalue weighted by molar-refractivity contribution is 9.10. The molecule has 2 aromatic rings. The summed E-state index contributed by atoms with van der Waals surface area (Å²) in [5.41, 5.74) is 1.89. The highest BCUT2D eigenvalue weighted by Gasteiger charge is 2.12. The SMILES string of the molecule is CCOc1cc(-n2nc(Br)cc2CC(C)C)ccc1F. The van der Waals surface area contributed by atoms with Gasteiger partial charge in [0.15, 0.2) is 11.6 Å². The van der Waals surface area contributed by atoms with Crippen LogP contribution in [-0.4, -0.2) is 16.4 Å². The van der Waals surface area contributed by atoms with Crippen molar-refractivity contribution in [3.63, 3.8) is 0 Å². The Morgan fingerprint density at radius 1 is 1.35 bits per heavy atom. The van der Waals surface area contributed by atoms with Gasteiger partial charge in [0.05, 0.1) is 12.3 Å². The predicted molar refractivity (Wildman–Crippen MR) is 80.9 cm³/mol. The number of nitrogens with zero attached hydrogens (tertiary/aromatic N) is 2. The van der Waals surface area contributed by atoms with Crippen molar-refractivity contribution in [2.45, 2.75) is 27.2 Å². The van der Waals surface area contributed by atoms with Gasteiger partial charge in [0, 0.05) is 11.8 Å². The van der Waals surface area contributed by atoms with Crippen LogP contribution in [0.4, 0.5) is 4.39 Å². The third-order valence-electron chi connectivity index (χ3n) is 2.83. The molecule has 0 radical (unpaired) electrons. The van der Waals surface area contributed by atoms with Gasteiger partial charge in [0.2, 0.25) is 0 Å². The molecule has 0 saturated heterocycles. The second kappa shape index (κ2) is 6.39. The number of hydrogen-bond acceptors (Lipinski definition) is 2. The number of hydrogen-bond donors (Lipinski definition) is 0. The number of benzene rings is 1. The van der Waals surface area contributed by atoms with Crippen LogP contribution in [0, 0.1) is 11.7 Å². The molecule has 2 rings (SSSR count). The van der Waals surface area contributed by atoms with Crippen molar-refractivity contribution >= 4 is 15.9 Å². The lowest BCUT2D eigenvalue weighted by Gasteiger charge is -2.11. The highest BCUT2D eigenvalue weighted by Crippen LogP contribution is 2.24. The Balaban J connectivity index is 2.43. The normalized spacial score (nSPS) is 11.1. The smallest absolute Gasteiger partial charge is 0.165 e. The summed E-state index contributed by atoms with van der Waals surface area (Å²) in [6, 6.07) is 6.79. The number of rotatable bonds is 5. The van der Waals surface area contributed by atoms with Gasteiger partial charge in [-0.2, -0.15) is 5.10 Å². The Kier molecular flexibility index (Phi) is 4.81.